The number of nitro groups is 1. The molecule has 0 radical (unpaired) electrons. The molecule has 170 valence electrons. The van der Waals surface area contributed by atoms with Gasteiger partial charge in [-0.3, -0.25) is 14.9 Å². The van der Waals surface area contributed by atoms with Crippen molar-refractivity contribution >= 4 is 34.5 Å². The van der Waals surface area contributed by atoms with Crippen molar-refractivity contribution in [2.75, 3.05) is 41.8 Å². The van der Waals surface area contributed by atoms with Crippen LogP contribution in [0.5, 0.6) is 0 Å². The van der Waals surface area contributed by atoms with E-state index in [2.05, 4.69) is 20.5 Å². The number of hydrogen-bond donors (Lipinski definition) is 3. The summed E-state index contributed by atoms with van der Waals surface area (Å²) in [5.74, 6) is -0.0916. The number of morpholine rings is 1. The fourth-order valence-electron chi connectivity index (χ4n) is 3.57. The smallest absolute Gasteiger partial charge is 0.269 e. The average molecular weight is 448 g/mol. The molecule has 0 saturated carbocycles. The summed E-state index contributed by atoms with van der Waals surface area (Å²) in [5.41, 5.74) is 8.88. The first kappa shape index (κ1) is 22.0. The summed E-state index contributed by atoms with van der Waals surface area (Å²) < 4.78 is 5.39. The van der Waals surface area contributed by atoms with Crippen molar-refractivity contribution < 1.29 is 14.5 Å². The van der Waals surface area contributed by atoms with E-state index in [1.54, 1.807) is 18.2 Å². The van der Waals surface area contributed by atoms with Crippen LogP contribution < -0.4 is 21.3 Å². The van der Waals surface area contributed by atoms with E-state index in [1.807, 2.05) is 24.3 Å². The molecule has 2 aromatic carbocycles. The Morgan fingerprint density at radius 3 is 2.61 bits per heavy atom. The van der Waals surface area contributed by atoms with Crippen LogP contribution in [0.3, 0.4) is 0 Å². The van der Waals surface area contributed by atoms with Gasteiger partial charge >= 0.3 is 0 Å². The summed E-state index contributed by atoms with van der Waals surface area (Å²) in [6.45, 7) is 3.45. The molecule has 0 spiro atoms. The number of nitrogens with one attached hydrogen (secondary N) is 2. The van der Waals surface area contributed by atoms with Gasteiger partial charge in [0.05, 0.1) is 29.4 Å². The SMILES string of the molecule is NC(=O)c1cnc(Nc2ccc(N3CCOCC3)cc2)cc1NCc1cccc([N+](=O)[O-])c1. The van der Waals surface area contributed by atoms with Crippen LogP contribution in [0, 0.1) is 10.1 Å². The zero-order chi connectivity index (χ0) is 23.2. The predicted octanol–water partition coefficient (Wildman–Crippen LogP) is 3.28. The summed E-state index contributed by atoms with van der Waals surface area (Å²) in [4.78, 5) is 29.0. The third-order valence-electron chi connectivity index (χ3n) is 5.29. The number of anilines is 4. The van der Waals surface area contributed by atoms with Crippen LogP contribution in [0.25, 0.3) is 0 Å². The summed E-state index contributed by atoms with van der Waals surface area (Å²) >= 11 is 0. The van der Waals surface area contributed by atoms with Crippen LogP contribution in [0.2, 0.25) is 0 Å². The summed E-state index contributed by atoms with van der Waals surface area (Å²) in [5, 5.41) is 17.4. The molecule has 0 atom stereocenters. The molecule has 1 aliphatic rings. The van der Waals surface area contributed by atoms with E-state index in [1.165, 1.54) is 18.3 Å². The van der Waals surface area contributed by atoms with Crippen molar-refractivity contribution in [2.24, 2.45) is 5.73 Å². The van der Waals surface area contributed by atoms with Gasteiger partial charge in [-0.2, -0.15) is 0 Å². The highest BCUT2D eigenvalue weighted by molar-refractivity contribution is 5.98. The van der Waals surface area contributed by atoms with E-state index < -0.39 is 10.8 Å². The molecule has 4 N–H and O–H groups in total. The molecule has 2 heterocycles. The summed E-state index contributed by atoms with van der Waals surface area (Å²) in [7, 11) is 0. The third-order valence-corrected chi connectivity index (χ3v) is 5.29. The van der Waals surface area contributed by atoms with Gasteiger partial charge in [-0.25, -0.2) is 4.98 Å². The number of benzene rings is 2. The van der Waals surface area contributed by atoms with E-state index in [0.717, 1.165) is 37.7 Å². The minimum Gasteiger partial charge on any atom is -0.380 e. The first-order valence-corrected chi connectivity index (χ1v) is 10.5. The molecule has 10 nitrogen and oxygen atoms in total. The largest absolute Gasteiger partial charge is 0.380 e. The maximum absolute atomic E-state index is 11.9. The number of aromatic nitrogens is 1. The van der Waals surface area contributed by atoms with Gasteiger partial charge in [-0.15, -0.1) is 0 Å². The van der Waals surface area contributed by atoms with Crippen LogP contribution in [-0.2, 0) is 11.3 Å². The number of pyridine rings is 1. The van der Waals surface area contributed by atoms with Crippen molar-refractivity contribution in [3.63, 3.8) is 0 Å². The van der Waals surface area contributed by atoms with Gasteiger partial charge in [0.15, 0.2) is 0 Å². The first-order valence-electron chi connectivity index (χ1n) is 10.5. The molecule has 0 unspecified atom stereocenters. The normalized spacial score (nSPS) is 13.4. The molecule has 4 rings (SSSR count). The maximum atomic E-state index is 11.9. The lowest BCUT2D eigenvalue weighted by atomic mass is 10.1. The molecule has 1 aliphatic heterocycles. The molecule has 1 amide bonds. The minimum absolute atomic E-state index is 0.00188. The second-order valence-electron chi connectivity index (χ2n) is 7.53. The Morgan fingerprint density at radius 2 is 1.91 bits per heavy atom. The first-order chi connectivity index (χ1) is 16.0. The highest BCUT2D eigenvalue weighted by atomic mass is 16.6. The van der Waals surface area contributed by atoms with E-state index in [-0.39, 0.29) is 17.8 Å². The second kappa shape index (κ2) is 9.96. The standard InChI is InChI=1S/C23H24N6O4/c24-23(30)20-15-26-22(13-21(20)25-14-16-2-1-3-19(12-16)29(31)32)27-17-4-6-18(7-5-17)28-8-10-33-11-9-28/h1-7,12-13,15H,8-11,14H2,(H2,24,30)(H2,25,26,27). The lowest BCUT2D eigenvalue weighted by molar-refractivity contribution is -0.384. The molecule has 1 aromatic heterocycles. The zero-order valence-corrected chi connectivity index (χ0v) is 17.9. The molecular weight excluding hydrogens is 424 g/mol. The quantitative estimate of drug-likeness (QED) is 0.353. The molecule has 0 bridgehead atoms. The number of carbonyl (C=O) groups excluding carboxylic acids is 1. The third kappa shape index (κ3) is 5.55. The number of primary amides is 1. The van der Waals surface area contributed by atoms with Gasteiger partial charge in [0.2, 0.25) is 0 Å². The molecule has 1 fully saturated rings. The van der Waals surface area contributed by atoms with E-state index in [9.17, 15) is 14.9 Å². The number of rotatable bonds is 8. The Labute approximate surface area is 190 Å². The van der Waals surface area contributed by atoms with E-state index >= 15 is 0 Å². The Kier molecular flexibility index (Phi) is 6.65. The monoisotopic (exact) mass is 448 g/mol. The molecule has 3 aromatic rings. The molecular formula is C23H24N6O4. The predicted molar refractivity (Wildman–Crippen MR) is 126 cm³/mol. The second-order valence-corrected chi connectivity index (χ2v) is 7.53. The molecule has 10 heteroatoms. The van der Waals surface area contributed by atoms with Gasteiger partial charge in [0.25, 0.3) is 11.6 Å². The van der Waals surface area contributed by atoms with E-state index in [0.29, 0.717) is 17.1 Å². The number of nitro benzene ring substituents is 1. The summed E-state index contributed by atoms with van der Waals surface area (Å²) in [6, 6.07) is 16.0. The van der Waals surface area contributed by atoms with Gasteiger partial charge in [0, 0.05) is 55.4 Å². The molecule has 0 aliphatic carbocycles. The topological polar surface area (TPSA) is 136 Å². The average Bonchev–Trinajstić information content (AvgIpc) is 2.84. The number of nitrogens with zero attached hydrogens (tertiary/aromatic N) is 3. The Morgan fingerprint density at radius 1 is 1.15 bits per heavy atom. The van der Waals surface area contributed by atoms with Crippen LogP contribution in [0.15, 0.2) is 60.8 Å². The van der Waals surface area contributed by atoms with Crippen LogP contribution in [0.4, 0.5) is 28.6 Å². The maximum Gasteiger partial charge on any atom is 0.269 e. The lowest BCUT2D eigenvalue weighted by Gasteiger charge is -2.28. The van der Waals surface area contributed by atoms with Crippen LogP contribution >= 0.6 is 0 Å². The van der Waals surface area contributed by atoms with Crippen molar-refractivity contribution in [1.29, 1.82) is 0 Å². The highest BCUT2D eigenvalue weighted by Crippen LogP contribution is 2.25. The number of carbonyl (C=O) groups is 1. The summed E-state index contributed by atoms with van der Waals surface area (Å²) in [6.07, 6.45) is 1.41. The Hall–Kier alpha value is -4.18. The molecule has 33 heavy (non-hydrogen) atoms. The van der Waals surface area contributed by atoms with Crippen molar-refractivity contribution in [1.82, 2.24) is 4.98 Å². The number of hydrogen-bond acceptors (Lipinski definition) is 8. The van der Waals surface area contributed by atoms with Crippen LogP contribution in [-0.4, -0.2) is 42.1 Å². The Bertz CT molecular complexity index is 1150. The fourth-order valence-corrected chi connectivity index (χ4v) is 3.57. The fraction of sp³-hybridized carbons (Fsp3) is 0.217. The van der Waals surface area contributed by atoms with Gasteiger partial charge in [0.1, 0.15) is 5.82 Å². The van der Waals surface area contributed by atoms with Gasteiger partial charge in [-0.1, -0.05) is 12.1 Å². The van der Waals surface area contributed by atoms with Gasteiger partial charge in [-0.05, 0) is 29.8 Å². The van der Waals surface area contributed by atoms with E-state index in [4.69, 9.17) is 10.5 Å². The molecule has 1 saturated heterocycles. The van der Waals surface area contributed by atoms with Gasteiger partial charge < -0.3 is 26.0 Å². The lowest BCUT2D eigenvalue weighted by Crippen LogP contribution is -2.36. The minimum atomic E-state index is -0.620. The number of non-ortho nitro benzene ring substituents is 1. The highest BCUT2D eigenvalue weighted by Gasteiger charge is 2.13. The number of ether oxygens (including phenoxy) is 1. The van der Waals surface area contributed by atoms with Crippen molar-refractivity contribution in [3.05, 3.63) is 82.0 Å². The van der Waals surface area contributed by atoms with Crippen molar-refractivity contribution in [2.45, 2.75) is 6.54 Å². The van der Waals surface area contributed by atoms with Crippen LogP contribution in [0.1, 0.15) is 15.9 Å². The number of amides is 1. The Balaban J connectivity index is 1.48. The van der Waals surface area contributed by atoms with Crippen molar-refractivity contribution in [3.8, 4) is 0 Å². The number of nitrogens with two attached hydrogens (primary N) is 1. The zero-order valence-electron chi connectivity index (χ0n) is 17.9.